The molecule has 0 heterocycles. The van der Waals surface area contributed by atoms with Crippen LogP contribution in [0.1, 0.15) is 15.9 Å². The fourth-order valence-electron chi connectivity index (χ4n) is 1.61. The van der Waals surface area contributed by atoms with Crippen LogP contribution in [0.25, 0.3) is 0 Å². The minimum Gasteiger partial charge on any atom is -0.399 e. The predicted molar refractivity (Wildman–Crippen MR) is 73.1 cm³/mol. The van der Waals surface area contributed by atoms with Crippen molar-refractivity contribution in [3.05, 3.63) is 59.7 Å². The summed E-state index contributed by atoms with van der Waals surface area (Å²) in [5.74, 6) is -0.178. The van der Waals surface area contributed by atoms with E-state index in [4.69, 9.17) is 11.5 Å². The van der Waals surface area contributed by atoms with Crippen molar-refractivity contribution in [3.8, 4) is 0 Å². The minimum absolute atomic E-state index is 0.178. The predicted octanol–water partition coefficient (Wildman–Crippen LogP) is 1.98. The van der Waals surface area contributed by atoms with E-state index in [1.54, 1.807) is 24.3 Å². The second-order valence-corrected chi connectivity index (χ2v) is 3.98. The van der Waals surface area contributed by atoms with Gasteiger partial charge in [0.2, 0.25) is 0 Å². The first kappa shape index (κ1) is 12.1. The van der Waals surface area contributed by atoms with Crippen LogP contribution in [-0.2, 0) is 6.54 Å². The molecule has 0 unspecified atom stereocenters. The van der Waals surface area contributed by atoms with Crippen LogP contribution < -0.4 is 16.8 Å². The van der Waals surface area contributed by atoms with Gasteiger partial charge in [-0.1, -0.05) is 18.2 Å². The van der Waals surface area contributed by atoms with Crippen LogP contribution in [0.3, 0.4) is 0 Å². The molecule has 0 radical (unpaired) electrons. The first-order chi connectivity index (χ1) is 8.69. The van der Waals surface area contributed by atoms with Gasteiger partial charge >= 0.3 is 0 Å². The van der Waals surface area contributed by atoms with Gasteiger partial charge in [0.15, 0.2) is 0 Å². The zero-order chi connectivity index (χ0) is 13.0. The lowest BCUT2D eigenvalue weighted by Crippen LogP contribution is -2.12. The van der Waals surface area contributed by atoms with Crippen LogP contribution in [-0.4, -0.2) is 5.91 Å². The average molecular weight is 241 g/mol. The fraction of sp³-hybridized carbons (Fsp3) is 0.0714. The summed E-state index contributed by atoms with van der Waals surface area (Å²) in [5, 5.41) is 2.80. The molecule has 0 aliphatic carbocycles. The van der Waals surface area contributed by atoms with Gasteiger partial charge in [-0.15, -0.1) is 0 Å². The summed E-state index contributed by atoms with van der Waals surface area (Å²) in [6.07, 6.45) is 0. The molecule has 2 aromatic carbocycles. The van der Waals surface area contributed by atoms with Gasteiger partial charge in [0, 0.05) is 23.5 Å². The number of benzene rings is 2. The van der Waals surface area contributed by atoms with E-state index in [0.717, 1.165) is 11.3 Å². The van der Waals surface area contributed by atoms with Crippen molar-refractivity contribution in [3.63, 3.8) is 0 Å². The SMILES string of the molecule is NCc1ccc(NC(=O)c2cccc(N)c2)cc1. The van der Waals surface area contributed by atoms with Crippen LogP contribution in [0.5, 0.6) is 0 Å². The Morgan fingerprint density at radius 1 is 1.11 bits per heavy atom. The van der Waals surface area contributed by atoms with Crippen LogP contribution in [0, 0.1) is 0 Å². The smallest absolute Gasteiger partial charge is 0.255 e. The Kier molecular flexibility index (Phi) is 3.60. The van der Waals surface area contributed by atoms with E-state index in [0.29, 0.717) is 17.8 Å². The quantitative estimate of drug-likeness (QED) is 0.719. The Balaban J connectivity index is 2.11. The molecule has 2 aromatic rings. The molecule has 0 atom stereocenters. The molecule has 4 nitrogen and oxygen atoms in total. The molecule has 5 N–H and O–H groups in total. The summed E-state index contributed by atoms with van der Waals surface area (Å²) in [5.41, 5.74) is 14.0. The van der Waals surface area contributed by atoms with Crippen LogP contribution in [0.2, 0.25) is 0 Å². The topological polar surface area (TPSA) is 81.1 Å². The molecule has 0 spiro atoms. The maximum absolute atomic E-state index is 11.9. The number of carbonyl (C=O) groups excluding carboxylic acids is 1. The summed E-state index contributed by atoms with van der Waals surface area (Å²) >= 11 is 0. The van der Waals surface area contributed by atoms with Crippen LogP contribution in [0.4, 0.5) is 11.4 Å². The van der Waals surface area contributed by atoms with Crippen molar-refractivity contribution in [2.75, 3.05) is 11.1 Å². The maximum atomic E-state index is 11.9. The van der Waals surface area contributed by atoms with E-state index in [9.17, 15) is 4.79 Å². The largest absolute Gasteiger partial charge is 0.399 e. The van der Waals surface area contributed by atoms with E-state index in [1.807, 2.05) is 24.3 Å². The average Bonchev–Trinajstić information content (AvgIpc) is 2.39. The Morgan fingerprint density at radius 3 is 2.44 bits per heavy atom. The van der Waals surface area contributed by atoms with Crippen LogP contribution in [0.15, 0.2) is 48.5 Å². The van der Waals surface area contributed by atoms with Gasteiger partial charge in [-0.2, -0.15) is 0 Å². The summed E-state index contributed by atoms with van der Waals surface area (Å²) in [7, 11) is 0. The van der Waals surface area contributed by atoms with E-state index in [1.165, 1.54) is 0 Å². The van der Waals surface area contributed by atoms with Crippen molar-refractivity contribution in [1.82, 2.24) is 0 Å². The zero-order valence-corrected chi connectivity index (χ0v) is 9.89. The summed E-state index contributed by atoms with van der Waals surface area (Å²) < 4.78 is 0. The second-order valence-electron chi connectivity index (χ2n) is 3.98. The van der Waals surface area contributed by atoms with E-state index in [2.05, 4.69) is 5.32 Å². The molecule has 4 heteroatoms. The Hall–Kier alpha value is -2.33. The Morgan fingerprint density at radius 2 is 1.83 bits per heavy atom. The van der Waals surface area contributed by atoms with Gasteiger partial charge in [-0.05, 0) is 35.9 Å². The lowest BCUT2D eigenvalue weighted by atomic mass is 10.1. The van der Waals surface area contributed by atoms with Crippen molar-refractivity contribution in [1.29, 1.82) is 0 Å². The number of nitrogens with one attached hydrogen (secondary N) is 1. The highest BCUT2D eigenvalue weighted by Gasteiger charge is 2.05. The van der Waals surface area contributed by atoms with Crippen molar-refractivity contribution in [2.24, 2.45) is 5.73 Å². The Bertz CT molecular complexity index is 549. The zero-order valence-electron chi connectivity index (χ0n) is 9.89. The number of amides is 1. The molecule has 0 fully saturated rings. The molecule has 0 bridgehead atoms. The lowest BCUT2D eigenvalue weighted by molar-refractivity contribution is 0.102. The summed E-state index contributed by atoms with van der Waals surface area (Å²) in [6.45, 7) is 0.490. The van der Waals surface area contributed by atoms with E-state index >= 15 is 0 Å². The number of nitrogen functional groups attached to an aromatic ring is 1. The van der Waals surface area contributed by atoms with E-state index in [-0.39, 0.29) is 5.91 Å². The second kappa shape index (κ2) is 5.33. The number of hydrogen-bond donors (Lipinski definition) is 3. The first-order valence-electron chi connectivity index (χ1n) is 5.65. The molecule has 0 aliphatic heterocycles. The van der Waals surface area contributed by atoms with E-state index < -0.39 is 0 Å². The summed E-state index contributed by atoms with van der Waals surface area (Å²) in [4.78, 5) is 11.9. The first-order valence-corrected chi connectivity index (χ1v) is 5.65. The molecular formula is C14H15N3O. The molecule has 1 amide bonds. The Labute approximate surface area is 106 Å². The molecule has 18 heavy (non-hydrogen) atoms. The highest BCUT2D eigenvalue weighted by molar-refractivity contribution is 6.04. The molecule has 0 saturated carbocycles. The maximum Gasteiger partial charge on any atom is 0.255 e. The molecular weight excluding hydrogens is 226 g/mol. The van der Waals surface area contributed by atoms with Gasteiger partial charge in [0.1, 0.15) is 0 Å². The highest BCUT2D eigenvalue weighted by atomic mass is 16.1. The van der Waals surface area contributed by atoms with Gasteiger partial charge in [0.05, 0.1) is 0 Å². The van der Waals surface area contributed by atoms with Crippen molar-refractivity contribution < 1.29 is 4.79 Å². The van der Waals surface area contributed by atoms with Crippen molar-refractivity contribution >= 4 is 17.3 Å². The van der Waals surface area contributed by atoms with Gasteiger partial charge in [-0.3, -0.25) is 4.79 Å². The van der Waals surface area contributed by atoms with Crippen molar-refractivity contribution in [2.45, 2.75) is 6.54 Å². The number of nitrogens with two attached hydrogens (primary N) is 2. The molecule has 0 saturated heterocycles. The molecule has 0 aliphatic rings. The number of rotatable bonds is 3. The number of anilines is 2. The third-order valence-corrected chi connectivity index (χ3v) is 2.60. The van der Waals surface area contributed by atoms with Crippen LogP contribution >= 0.6 is 0 Å². The van der Waals surface area contributed by atoms with Gasteiger partial charge < -0.3 is 16.8 Å². The fourth-order valence-corrected chi connectivity index (χ4v) is 1.61. The third kappa shape index (κ3) is 2.87. The minimum atomic E-state index is -0.178. The molecule has 92 valence electrons. The molecule has 2 rings (SSSR count). The summed E-state index contributed by atoms with van der Waals surface area (Å²) in [6, 6.07) is 14.3. The lowest BCUT2D eigenvalue weighted by Gasteiger charge is -2.06. The molecule has 0 aromatic heterocycles. The standard InChI is InChI=1S/C14H15N3O/c15-9-10-4-6-13(7-5-10)17-14(18)11-2-1-3-12(16)8-11/h1-8H,9,15-16H2,(H,17,18). The monoisotopic (exact) mass is 241 g/mol. The number of hydrogen-bond acceptors (Lipinski definition) is 3. The normalized spacial score (nSPS) is 10.1. The number of carbonyl (C=O) groups is 1. The highest BCUT2D eigenvalue weighted by Crippen LogP contribution is 2.12. The van der Waals surface area contributed by atoms with Gasteiger partial charge in [0.25, 0.3) is 5.91 Å². The van der Waals surface area contributed by atoms with Gasteiger partial charge in [-0.25, -0.2) is 0 Å². The third-order valence-electron chi connectivity index (χ3n) is 2.60.